The van der Waals surface area contributed by atoms with Crippen molar-refractivity contribution in [3.8, 4) is 0 Å². The molecule has 0 saturated carbocycles. The van der Waals surface area contributed by atoms with Crippen LogP contribution in [-0.4, -0.2) is 46.8 Å². The maximum atomic E-state index is 11.6. The monoisotopic (exact) mass is 265 g/mol. The minimum Gasteiger partial charge on any atom is -0.382 e. The van der Waals surface area contributed by atoms with Crippen molar-refractivity contribution < 1.29 is 4.79 Å². The van der Waals surface area contributed by atoms with Gasteiger partial charge >= 0.3 is 0 Å². The number of hydrogen-bond acceptors (Lipinski definition) is 4. The number of amides is 1. The normalized spacial score (nSPS) is 17.5. The molecule has 0 aromatic carbocycles. The van der Waals surface area contributed by atoms with E-state index in [1.807, 2.05) is 16.9 Å². The lowest BCUT2D eigenvalue weighted by molar-refractivity contribution is -0.122. The minimum absolute atomic E-state index is 0.128. The number of nitrogens with one attached hydrogen (secondary N) is 1. The fourth-order valence-electron chi connectivity index (χ4n) is 2.42. The predicted octanol–water partition coefficient (Wildman–Crippen LogP) is 0.628. The number of nitrogen functional groups attached to an aromatic ring is 1. The first-order valence-corrected chi connectivity index (χ1v) is 6.98. The fraction of sp³-hybridized carbons (Fsp3) is 0.692. The first-order valence-electron chi connectivity index (χ1n) is 6.98. The Balaban J connectivity index is 1.74. The van der Waals surface area contributed by atoms with Crippen molar-refractivity contribution in [1.82, 2.24) is 20.0 Å². The van der Waals surface area contributed by atoms with Crippen molar-refractivity contribution in [2.45, 2.75) is 32.2 Å². The van der Waals surface area contributed by atoms with Crippen molar-refractivity contribution in [3.05, 3.63) is 12.3 Å². The lowest BCUT2D eigenvalue weighted by atomic mass is 10.1. The molecule has 1 fully saturated rings. The summed E-state index contributed by atoms with van der Waals surface area (Å²) in [6, 6.07) is 2.23. The highest BCUT2D eigenvalue weighted by Gasteiger charge is 2.22. The standard InChI is InChI=1S/C13H23N5O/c1-2-6-15-13(19)10-17-7-3-11(4-8-17)18-9-5-12(14)16-18/h5,9,11H,2-4,6-8,10H2,1H3,(H2,14,16)(H,15,19). The van der Waals surface area contributed by atoms with E-state index in [1.165, 1.54) is 0 Å². The lowest BCUT2D eigenvalue weighted by Gasteiger charge is -2.31. The molecule has 0 unspecified atom stereocenters. The van der Waals surface area contributed by atoms with E-state index in [9.17, 15) is 4.79 Å². The van der Waals surface area contributed by atoms with Crippen molar-refractivity contribution in [2.24, 2.45) is 0 Å². The lowest BCUT2D eigenvalue weighted by Crippen LogP contribution is -2.42. The molecule has 106 valence electrons. The van der Waals surface area contributed by atoms with Gasteiger partial charge in [0.05, 0.1) is 12.6 Å². The number of hydrogen-bond donors (Lipinski definition) is 2. The smallest absolute Gasteiger partial charge is 0.234 e. The Morgan fingerprint density at radius 1 is 1.53 bits per heavy atom. The van der Waals surface area contributed by atoms with E-state index in [0.717, 1.165) is 38.9 Å². The van der Waals surface area contributed by atoms with Gasteiger partial charge in [-0.15, -0.1) is 0 Å². The SMILES string of the molecule is CCCNC(=O)CN1CCC(n2ccc(N)n2)CC1. The van der Waals surface area contributed by atoms with Crippen LogP contribution in [0.1, 0.15) is 32.2 Å². The second-order valence-corrected chi connectivity index (χ2v) is 5.08. The van der Waals surface area contributed by atoms with Crippen LogP contribution in [0.2, 0.25) is 0 Å². The molecule has 19 heavy (non-hydrogen) atoms. The molecule has 1 amide bonds. The quantitative estimate of drug-likeness (QED) is 0.818. The number of likely N-dealkylation sites (tertiary alicyclic amines) is 1. The molecule has 1 aliphatic heterocycles. The van der Waals surface area contributed by atoms with Gasteiger partial charge in [-0.1, -0.05) is 6.92 Å². The number of nitrogens with two attached hydrogens (primary N) is 1. The molecule has 1 aromatic heterocycles. The zero-order valence-corrected chi connectivity index (χ0v) is 11.5. The first kappa shape index (κ1) is 13.9. The molecule has 0 radical (unpaired) electrons. The molecule has 6 heteroatoms. The molecular weight excluding hydrogens is 242 g/mol. The van der Waals surface area contributed by atoms with Crippen LogP contribution in [0, 0.1) is 0 Å². The van der Waals surface area contributed by atoms with Crippen LogP contribution in [0.4, 0.5) is 5.82 Å². The summed E-state index contributed by atoms with van der Waals surface area (Å²) in [4.78, 5) is 13.8. The third kappa shape index (κ3) is 3.96. The zero-order valence-electron chi connectivity index (χ0n) is 11.5. The Bertz CT molecular complexity index is 409. The van der Waals surface area contributed by atoms with E-state index in [1.54, 1.807) is 0 Å². The number of anilines is 1. The highest BCUT2D eigenvalue weighted by Crippen LogP contribution is 2.21. The molecule has 3 N–H and O–H groups in total. The average molecular weight is 265 g/mol. The summed E-state index contributed by atoms with van der Waals surface area (Å²) in [6.45, 7) is 5.20. The van der Waals surface area contributed by atoms with Gasteiger partial charge in [-0.2, -0.15) is 5.10 Å². The van der Waals surface area contributed by atoms with Gasteiger partial charge in [0, 0.05) is 25.8 Å². The highest BCUT2D eigenvalue weighted by molar-refractivity contribution is 5.77. The highest BCUT2D eigenvalue weighted by atomic mass is 16.2. The summed E-state index contributed by atoms with van der Waals surface area (Å²) in [7, 11) is 0. The number of carbonyl (C=O) groups is 1. The average Bonchev–Trinajstić information content (AvgIpc) is 2.84. The molecule has 1 saturated heterocycles. The summed E-state index contributed by atoms with van der Waals surface area (Å²) < 4.78 is 1.95. The van der Waals surface area contributed by atoms with Crippen LogP contribution in [0.25, 0.3) is 0 Å². The largest absolute Gasteiger partial charge is 0.382 e. The van der Waals surface area contributed by atoms with Crippen molar-refractivity contribution in [2.75, 3.05) is 31.9 Å². The Morgan fingerprint density at radius 3 is 2.84 bits per heavy atom. The van der Waals surface area contributed by atoms with Crippen LogP contribution >= 0.6 is 0 Å². The number of aromatic nitrogens is 2. The first-order chi connectivity index (χ1) is 9.19. The Kier molecular flexibility index (Phi) is 4.79. The van der Waals surface area contributed by atoms with E-state index < -0.39 is 0 Å². The predicted molar refractivity (Wildman–Crippen MR) is 74.7 cm³/mol. The second kappa shape index (κ2) is 6.56. The molecular formula is C13H23N5O. The van der Waals surface area contributed by atoms with Crippen LogP contribution in [0.5, 0.6) is 0 Å². The van der Waals surface area contributed by atoms with E-state index in [4.69, 9.17) is 5.73 Å². The van der Waals surface area contributed by atoms with Crippen molar-refractivity contribution in [1.29, 1.82) is 0 Å². The van der Waals surface area contributed by atoms with E-state index in [-0.39, 0.29) is 5.91 Å². The molecule has 0 spiro atoms. The molecule has 1 aliphatic rings. The number of nitrogens with zero attached hydrogens (tertiary/aromatic N) is 3. The van der Waals surface area contributed by atoms with Gasteiger partial charge in [-0.3, -0.25) is 14.4 Å². The van der Waals surface area contributed by atoms with Gasteiger partial charge in [0.1, 0.15) is 5.82 Å². The third-order valence-electron chi connectivity index (χ3n) is 3.50. The van der Waals surface area contributed by atoms with Gasteiger partial charge in [0.2, 0.25) is 5.91 Å². The number of rotatable bonds is 5. The van der Waals surface area contributed by atoms with Gasteiger partial charge in [-0.25, -0.2) is 0 Å². The topological polar surface area (TPSA) is 76.2 Å². The maximum Gasteiger partial charge on any atom is 0.234 e. The number of carbonyl (C=O) groups excluding carboxylic acids is 1. The minimum atomic E-state index is 0.128. The van der Waals surface area contributed by atoms with E-state index >= 15 is 0 Å². The fourth-order valence-corrected chi connectivity index (χ4v) is 2.42. The Hall–Kier alpha value is -1.56. The van der Waals surface area contributed by atoms with Crippen molar-refractivity contribution >= 4 is 11.7 Å². The summed E-state index contributed by atoms with van der Waals surface area (Å²) in [5, 5.41) is 7.17. The van der Waals surface area contributed by atoms with Crippen molar-refractivity contribution in [3.63, 3.8) is 0 Å². The van der Waals surface area contributed by atoms with Gasteiger partial charge in [0.25, 0.3) is 0 Å². The third-order valence-corrected chi connectivity index (χ3v) is 3.50. The van der Waals surface area contributed by atoms with E-state index in [2.05, 4.69) is 22.2 Å². The molecule has 0 bridgehead atoms. The Labute approximate surface area is 113 Å². The molecule has 0 aliphatic carbocycles. The molecule has 1 aromatic rings. The van der Waals surface area contributed by atoms with Gasteiger partial charge in [-0.05, 0) is 25.3 Å². The Morgan fingerprint density at radius 2 is 2.26 bits per heavy atom. The second-order valence-electron chi connectivity index (χ2n) is 5.08. The van der Waals surface area contributed by atoms with Gasteiger partial charge < -0.3 is 11.1 Å². The summed E-state index contributed by atoms with van der Waals surface area (Å²) in [6.07, 6.45) is 4.95. The van der Waals surface area contributed by atoms with Crippen LogP contribution < -0.4 is 11.1 Å². The zero-order chi connectivity index (χ0) is 13.7. The molecule has 6 nitrogen and oxygen atoms in total. The summed E-state index contributed by atoms with van der Waals surface area (Å²) in [5.74, 6) is 0.699. The van der Waals surface area contributed by atoms with Crippen LogP contribution in [0.3, 0.4) is 0 Å². The maximum absolute atomic E-state index is 11.6. The van der Waals surface area contributed by atoms with Crippen LogP contribution in [0.15, 0.2) is 12.3 Å². The summed E-state index contributed by atoms with van der Waals surface area (Å²) >= 11 is 0. The number of piperidine rings is 1. The van der Waals surface area contributed by atoms with E-state index in [0.29, 0.717) is 18.4 Å². The molecule has 2 heterocycles. The summed E-state index contributed by atoms with van der Waals surface area (Å²) in [5.41, 5.74) is 5.63. The molecule has 0 atom stereocenters. The molecule has 2 rings (SSSR count). The van der Waals surface area contributed by atoms with Gasteiger partial charge in [0.15, 0.2) is 0 Å². The van der Waals surface area contributed by atoms with Crippen LogP contribution in [-0.2, 0) is 4.79 Å².